The first-order valence-corrected chi connectivity index (χ1v) is 9.35. The van der Waals surface area contributed by atoms with E-state index < -0.39 is 17.5 Å². The van der Waals surface area contributed by atoms with E-state index in [1.54, 1.807) is 0 Å². The lowest BCUT2D eigenvalue weighted by atomic mass is 9.80. The normalized spacial score (nSPS) is 26.2. The number of hydrogen-bond donors (Lipinski definition) is 0. The summed E-state index contributed by atoms with van der Waals surface area (Å²) in [7, 11) is 0. The second kappa shape index (κ2) is 7.79. The van der Waals surface area contributed by atoms with Gasteiger partial charge in [0.15, 0.2) is 17.5 Å². The Balaban J connectivity index is 1.57. The predicted molar refractivity (Wildman–Crippen MR) is 88.6 cm³/mol. The summed E-state index contributed by atoms with van der Waals surface area (Å²) in [6.07, 6.45) is 6.84. The van der Waals surface area contributed by atoms with Crippen molar-refractivity contribution < 1.29 is 22.7 Å². The Morgan fingerprint density at radius 1 is 1.12 bits per heavy atom. The van der Waals surface area contributed by atoms with Crippen LogP contribution >= 0.6 is 0 Å². The third kappa shape index (κ3) is 4.01. The van der Waals surface area contributed by atoms with Gasteiger partial charge in [0.1, 0.15) is 6.10 Å². The molecule has 1 aromatic rings. The highest BCUT2D eigenvalue weighted by atomic mass is 19.2. The molecule has 0 aliphatic heterocycles. The van der Waals surface area contributed by atoms with Gasteiger partial charge < -0.3 is 4.74 Å². The lowest BCUT2D eigenvalue weighted by Crippen LogP contribution is -2.31. The van der Waals surface area contributed by atoms with Crippen molar-refractivity contribution >= 4 is 5.97 Å². The number of benzene rings is 1. The van der Waals surface area contributed by atoms with Gasteiger partial charge in [0.05, 0.1) is 5.92 Å². The predicted octanol–water partition coefficient (Wildman–Crippen LogP) is 5.11. The minimum atomic E-state index is -1.42. The Bertz CT molecular complexity index is 636. The zero-order valence-corrected chi connectivity index (χ0v) is 14.6. The molecule has 0 amide bonds. The van der Waals surface area contributed by atoms with E-state index in [-0.39, 0.29) is 36.4 Å². The average molecular weight is 354 g/mol. The van der Waals surface area contributed by atoms with Crippen molar-refractivity contribution in [1.29, 1.82) is 0 Å². The number of ether oxygens (including phenoxy) is 1. The van der Waals surface area contributed by atoms with Gasteiger partial charge >= 0.3 is 5.97 Å². The van der Waals surface area contributed by atoms with Gasteiger partial charge in [-0.05, 0) is 61.6 Å². The molecule has 1 unspecified atom stereocenters. The van der Waals surface area contributed by atoms with Crippen LogP contribution in [-0.2, 0) is 22.4 Å². The molecule has 1 atom stereocenters. The van der Waals surface area contributed by atoms with E-state index in [0.717, 1.165) is 37.7 Å². The monoisotopic (exact) mass is 354 g/mol. The van der Waals surface area contributed by atoms with Gasteiger partial charge in [0, 0.05) is 6.42 Å². The standard InChI is InChI=1S/C20H25F3O2/c1-2-3-12-4-6-13(7-5-12)20(24)25-15-8-9-16-14(10-15)11-17(21)19(23)18(16)22/h11-13,15H,2-10H2,1H3. The molecule has 0 bridgehead atoms. The molecular weight excluding hydrogens is 329 g/mol. The molecule has 25 heavy (non-hydrogen) atoms. The zero-order valence-electron chi connectivity index (χ0n) is 14.6. The molecule has 0 spiro atoms. The van der Waals surface area contributed by atoms with Crippen LogP contribution in [0.15, 0.2) is 6.07 Å². The van der Waals surface area contributed by atoms with Gasteiger partial charge in [-0.3, -0.25) is 4.79 Å². The van der Waals surface area contributed by atoms with Crippen molar-refractivity contribution in [3.05, 3.63) is 34.6 Å². The highest BCUT2D eigenvalue weighted by Crippen LogP contribution is 2.34. The molecule has 0 radical (unpaired) electrons. The van der Waals surface area contributed by atoms with Crippen LogP contribution in [-0.4, -0.2) is 12.1 Å². The van der Waals surface area contributed by atoms with Crippen LogP contribution in [0.25, 0.3) is 0 Å². The Hall–Kier alpha value is -1.52. The maximum Gasteiger partial charge on any atom is 0.309 e. The number of halogens is 3. The maximum absolute atomic E-state index is 13.8. The number of carbonyl (C=O) groups excluding carboxylic acids is 1. The summed E-state index contributed by atoms with van der Waals surface area (Å²) < 4.78 is 46.2. The average Bonchev–Trinajstić information content (AvgIpc) is 2.60. The summed E-state index contributed by atoms with van der Waals surface area (Å²) in [5.41, 5.74) is 0.623. The molecule has 2 nitrogen and oxygen atoms in total. The van der Waals surface area contributed by atoms with Gasteiger partial charge in [-0.1, -0.05) is 19.8 Å². The lowest BCUT2D eigenvalue weighted by molar-refractivity contribution is -0.156. The number of fused-ring (bicyclic) bond motifs is 1. The van der Waals surface area contributed by atoms with E-state index in [2.05, 4.69) is 6.92 Å². The molecule has 2 aliphatic rings. The number of hydrogen-bond acceptors (Lipinski definition) is 2. The third-order valence-corrected chi connectivity index (χ3v) is 5.68. The van der Waals surface area contributed by atoms with Gasteiger partial charge in [-0.25, -0.2) is 13.2 Å². The van der Waals surface area contributed by atoms with Gasteiger partial charge in [-0.15, -0.1) is 0 Å². The summed E-state index contributed by atoms with van der Waals surface area (Å²) in [5, 5.41) is 0. The summed E-state index contributed by atoms with van der Waals surface area (Å²) in [5.74, 6) is -3.23. The van der Waals surface area contributed by atoms with Crippen molar-refractivity contribution in [2.24, 2.45) is 11.8 Å². The summed E-state index contributed by atoms with van der Waals surface area (Å²) >= 11 is 0. The first-order valence-electron chi connectivity index (χ1n) is 9.35. The summed E-state index contributed by atoms with van der Waals surface area (Å²) in [6, 6.07) is 1.03. The van der Waals surface area contributed by atoms with Crippen LogP contribution in [0, 0.1) is 29.3 Å². The summed E-state index contributed by atoms with van der Waals surface area (Å²) in [6.45, 7) is 2.18. The third-order valence-electron chi connectivity index (χ3n) is 5.68. The molecule has 0 N–H and O–H groups in total. The molecule has 5 heteroatoms. The fourth-order valence-electron chi connectivity index (χ4n) is 4.24. The van der Waals surface area contributed by atoms with Crippen LogP contribution in [0.5, 0.6) is 0 Å². The zero-order chi connectivity index (χ0) is 18.0. The second-order valence-electron chi connectivity index (χ2n) is 7.43. The molecule has 0 heterocycles. The van der Waals surface area contributed by atoms with Crippen LogP contribution in [0.4, 0.5) is 13.2 Å². The van der Waals surface area contributed by atoms with Crippen molar-refractivity contribution in [3.63, 3.8) is 0 Å². The highest BCUT2D eigenvalue weighted by Gasteiger charge is 2.31. The van der Waals surface area contributed by atoms with E-state index >= 15 is 0 Å². The number of esters is 1. The van der Waals surface area contributed by atoms with Crippen LogP contribution in [0.2, 0.25) is 0 Å². The van der Waals surface area contributed by atoms with Crippen molar-refractivity contribution in [2.45, 2.75) is 70.8 Å². The SMILES string of the molecule is CCCC1CCC(C(=O)OC2CCc3c(cc(F)c(F)c3F)C2)CC1. The smallest absolute Gasteiger partial charge is 0.309 e. The van der Waals surface area contributed by atoms with E-state index in [9.17, 15) is 18.0 Å². The molecule has 138 valence electrons. The fraction of sp³-hybridized carbons (Fsp3) is 0.650. The van der Waals surface area contributed by atoms with Crippen LogP contribution < -0.4 is 0 Å². The van der Waals surface area contributed by atoms with E-state index in [1.807, 2.05) is 0 Å². The molecule has 3 rings (SSSR count). The van der Waals surface area contributed by atoms with Gasteiger partial charge in [0.2, 0.25) is 0 Å². The van der Waals surface area contributed by atoms with Crippen LogP contribution in [0.1, 0.15) is 63.0 Å². The van der Waals surface area contributed by atoms with E-state index in [4.69, 9.17) is 4.74 Å². The largest absolute Gasteiger partial charge is 0.462 e. The first kappa shape index (κ1) is 18.3. The summed E-state index contributed by atoms with van der Waals surface area (Å²) in [4.78, 5) is 12.4. The highest BCUT2D eigenvalue weighted by molar-refractivity contribution is 5.72. The fourth-order valence-corrected chi connectivity index (χ4v) is 4.24. The minimum absolute atomic E-state index is 0.0591. The number of carbonyl (C=O) groups is 1. The second-order valence-corrected chi connectivity index (χ2v) is 7.43. The van der Waals surface area contributed by atoms with Crippen LogP contribution in [0.3, 0.4) is 0 Å². The lowest BCUT2D eigenvalue weighted by Gasteiger charge is -2.30. The Labute approximate surface area is 146 Å². The van der Waals surface area contributed by atoms with Gasteiger partial charge in [-0.2, -0.15) is 0 Å². The molecular formula is C20H25F3O2. The Morgan fingerprint density at radius 2 is 1.84 bits per heavy atom. The van der Waals surface area contributed by atoms with Crippen molar-refractivity contribution in [3.8, 4) is 0 Å². The Morgan fingerprint density at radius 3 is 2.52 bits per heavy atom. The van der Waals surface area contributed by atoms with E-state index in [1.165, 1.54) is 12.8 Å². The van der Waals surface area contributed by atoms with E-state index in [0.29, 0.717) is 12.0 Å². The van der Waals surface area contributed by atoms with Crippen molar-refractivity contribution in [2.75, 3.05) is 0 Å². The van der Waals surface area contributed by atoms with Gasteiger partial charge in [0.25, 0.3) is 0 Å². The topological polar surface area (TPSA) is 26.3 Å². The molecule has 1 saturated carbocycles. The molecule has 2 aliphatic carbocycles. The molecule has 1 aromatic carbocycles. The molecule has 1 fully saturated rings. The van der Waals surface area contributed by atoms with Crippen molar-refractivity contribution in [1.82, 2.24) is 0 Å². The molecule has 0 saturated heterocycles. The number of rotatable bonds is 4. The first-order chi connectivity index (χ1) is 12.0. The quantitative estimate of drug-likeness (QED) is 0.555. The Kier molecular flexibility index (Phi) is 5.70. The molecule has 0 aromatic heterocycles. The maximum atomic E-state index is 13.8. The minimum Gasteiger partial charge on any atom is -0.462 e.